The number of aromatic nitrogens is 2. The lowest BCUT2D eigenvalue weighted by Crippen LogP contribution is -2.45. The van der Waals surface area contributed by atoms with E-state index < -0.39 is 66.0 Å². The van der Waals surface area contributed by atoms with Gasteiger partial charge in [-0.25, -0.2) is 27.6 Å². The van der Waals surface area contributed by atoms with Crippen LogP contribution in [-0.2, 0) is 44.8 Å². The molecular weight excluding hydrogens is 896 g/mol. The molecule has 362 valence electrons. The van der Waals surface area contributed by atoms with Gasteiger partial charge in [0.1, 0.15) is 34.2 Å². The number of esters is 2. The van der Waals surface area contributed by atoms with Crippen LogP contribution in [0.25, 0.3) is 5.69 Å². The second kappa shape index (κ2) is 25.3. The van der Waals surface area contributed by atoms with Gasteiger partial charge in [-0.1, -0.05) is 31.0 Å². The number of aromatic hydroxyl groups is 1. The molecule has 18 nitrogen and oxygen atoms in total. The molecule has 0 aliphatic carbocycles. The number of unbranched alkanes of at least 4 members (excludes halogenated alkanes) is 1. The largest absolute Gasteiger partial charge is 0.494 e. The highest BCUT2D eigenvalue weighted by Gasteiger charge is 2.39. The zero-order valence-electron chi connectivity index (χ0n) is 38.9. The van der Waals surface area contributed by atoms with E-state index in [1.54, 1.807) is 57.7 Å². The first-order valence-electron chi connectivity index (χ1n) is 21.3. The first-order valence-corrected chi connectivity index (χ1v) is 23.8. The Hall–Kier alpha value is -4.43. The Kier molecular flexibility index (Phi) is 22.0. The van der Waals surface area contributed by atoms with Crippen molar-refractivity contribution < 1.29 is 61.1 Å². The molecule has 2 aliphatic rings. The molecule has 1 N–H and O–H groups in total. The molecule has 2 amide bonds. The van der Waals surface area contributed by atoms with Crippen molar-refractivity contribution in [3.63, 3.8) is 0 Å². The maximum Gasteiger partial charge on any atom is 0.410 e. The van der Waals surface area contributed by atoms with Gasteiger partial charge in [0.15, 0.2) is 14.7 Å². The lowest BCUT2D eigenvalue weighted by molar-refractivity contribution is -0.153. The Morgan fingerprint density at radius 2 is 1.27 bits per heavy atom. The fourth-order valence-corrected chi connectivity index (χ4v) is 8.47. The van der Waals surface area contributed by atoms with E-state index in [-0.39, 0.29) is 68.2 Å². The predicted molar refractivity (Wildman–Crippen MR) is 244 cm³/mol. The Morgan fingerprint density at radius 1 is 0.828 bits per heavy atom. The summed E-state index contributed by atoms with van der Waals surface area (Å²) in [6.45, 7) is 18.3. The zero-order chi connectivity index (χ0) is 48.6. The normalized spacial score (nSPS) is 14.9. The number of rotatable bonds is 12. The summed E-state index contributed by atoms with van der Waals surface area (Å²) in [4.78, 5) is 66.2. The standard InChI is InChI=1S/C26H37N3O8S.C10H19NO2S.C7H11ClO4/c1-7-8-12-20-27-23(30)22(24(31)29(20)21-18(35-5)10-9-11-19(21)36-6)38(33,34)17-13-15-28(16-14-17)25(32)37-26(2,3)4;1-10(2,3)13-9(12)11-6-4-8(14)5-7-11;1-3-11-6(9)5(8)7(10)12-4-2/h9-11,17,30H,7-8,12-16H2,1-6H3;8,14H,4-7H2,1-3H3;5H,3-4H2,1-2H3. The van der Waals surface area contributed by atoms with Crippen LogP contribution >= 0.6 is 24.2 Å². The van der Waals surface area contributed by atoms with Gasteiger partial charge in [-0.15, -0.1) is 0 Å². The summed E-state index contributed by atoms with van der Waals surface area (Å²) in [5.41, 5.74) is -1.80. The number of aryl methyl sites for hydroxylation is 1. The number of sulfone groups is 1. The van der Waals surface area contributed by atoms with Gasteiger partial charge < -0.3 is 43.3 Å². The van der Waals surface area contributed by atoms with Crippen LogP contribution in [-0.4, -0.2) is 138 Å². The summed E-state index contributed by atoms with van der Waals surface area (Å²) in [5, 5.41) is 8.89. The van der Waals surface area contributed by atoms with E-state index in [2.05, 4.69) is 27.1 Å². The molecule has 2 aliphatic heterocycles. The van der Waals surface area contributed by atoms with Gasteiger partial charge >= 0.3 is 24.1 Å². The SMILES string of the molecule is CC(C)(C)OC(=O)N1CCC(S)CC1.CCCCc1nc(O)c(S(=O)(=O)C2CCN(C(=O)OC(C)(C)C)CC2)c(=O)n1-c1c(OC)cccc1OC.CCOC(=O)C(Cl)C(=O)OCC. The van der Waals surface area contributed by atoms with Gasteiger partial charge in [0.05, 0.1) is 32.7 Å². The topological polar surface area (TPSA) is 219 Å². The van der Waals surface area contributed by atoms with E-state index in [1.807, 2.05) is 27.7 Å². The van der Waals surface area contributed by atoms with Crippen LogP contribution in [0.4, 0.5) is 9.59 Å². The van der Waals surface area contributed by atoms with Crippen molar-refractivity contribution in [3.05, 3.63) is 34.4 Å². The number of ether oxygens (including phenoxy) is 6. The summed E-state index contributed by atoms with van der Waals surface area (Å²) in [6, 6.07) is 4.94. The van der Waals surface area contributed by atoms with Crippen molar-refractivity contribution in [1.29, 1.82) is 0 Å². The third-order valence-corrected chi connectivity index (χ3v) is 12.5. The molecule has 0 atom stereocenters. The van der Waals surface area contributed by atoms with Crippen molar-refractivity contribution >= 4 is 58.2 Å². The molecular formula is C43H67ClN4O14S2. The molecule has 64 heavy (non-hydrogen) atoms. The zero-order valence-corrected chi connectivity index (χ0v) is 41.4. The van der Waals surface area contributed by atoms with Gasteiger partial charge in [0, 0.05) is 37.8 Å². The fourth-order valence-electron chi connectivity index (χ4n) is 6.32. The molecule has 0 spiro atoms. The fraction of sp³-hybridized carbons (Fsp3) is 0.674. The van der Waals surface area contributed by atoms with Crippen molar-refractivity contribution in [1.82, 2.24) is 19.4 Å². The molecule has 0 bridgehead atoms. The van der Waals surface area contributed by atoms with E-state index in [4.69, 9.17) is 30.5 Å². The van der Waals surface area contributed by atoms with Gasteiger partial charge in [-0.3, -0.25) is 9.36 Å². The predicted octanol–water partition coefficient (Wildman–Crippen LogP) is 6.51. The maximum absolute atomic E-state index is 13.9. The Labute approximate surface area is 387 Å². The number of piperidine rings is 2. The number of hydrogen-bond acceptors (Lipinski definition) is 16. The molecule has 4 rings (SSSR count). The second-order valence-electron chi connectivity index (χ2n) is 16.7. The highest BCUT2D eigenvalue weighted by atomic mass is 35.5. The number of nitrogens with zero attached hydrogens (tertiary/aromatic N) is 4. The summed E-state index contributed by atoms with van der Waals surface area (Å²) >= 11 is 9.77. The quantitative estimate of drug-likeness (QED) is 0.0762. The number of benzene rings is 1. The van der Waals surface area contributed by atoms with Crippen molar-refractivity contribution in [3.8, 4) is 23.1 Å². The van der Waals surface area contributed by atoms with Crippen LogP contribution in [0.1, 0.15) is 107 Å². The number of likely N-dealkylation sites (tertiary alicyclic amines) is 2. The number of alkyl halides is 1. The molecule has 1 aromatic heterocycles. The van der Waals surface area contributed by atoms with E-state index in [9.17, 15) is 37.5 Å². The molecule has 3 heterocycles. The van der Waals surface area contributed by atoms with Crippen molar-refractivity contribution in [2.45, 2.75) is 139 Å². The van der Waals surface area contributed by atoms with Crippen LogP contribution in [0.15, 0.2) is 27.9 Å². The number of hydrogen-bond donors (Lipinski definition) is 2. The van der Waals surface area contributed by atoms with Crippen LogP contribution in [0.3, 0.4) is 0 Å². The molecule has 0 saturated carbocycles. The Balaban J connectivity index is 0.000000440. The third kappa shape index (κ3) is 16.5. The second-order valence-corrected chi connectivity index (χ2v) is 20.0. The average molecular weight is 964 g/mol. The van der Waals surface area contributed by atoms with Gasteiger partial charge in [0.25, 0.3) is 5.56 Å². The average Bonchev–Trinajstić information content (AvgIpc) is 3.22. The molecule has 0 radical (unpaired) electrons. The van der Waals surface area contributed by atoms with E-state index in [1.165, 1.54) is 19.1 Å². The molecule has 21 heteroatoms. The molecule has 0 unspecified atom stereocenters. The molecule has 1 aromatic carbocycles. The van der Waals surface area contributed by atoms with Crippen molar-refractivity contribution in [2.24, 2.45) is 0 Å². The lowest BCUT2D eigenvalue weighted by atomic mass is 10.1. The highest BCUT2D eigenvalue weighted by Crippen LogP contribution is 2.35. The van der Waals surface area contributed by atoms with E-state index >= 15 is 0 Å². The molecule has 2 aromatic rings. The molecule has 2 saturated heterocycles. The van der Waals surface area contributed by atoms with Gasteiger partial charge in [-0.05, 0) is 99.6 Å². The van der Waals surface area contributed by atoms with Gasteiger partial charge in [-0.2, -0.15) is 17.6 Å². The minimum absolute atomic E-state index is 0.0794. The number of para-hydroxylation sites is 1. The highest BCUT2D eigenvalue weighted by molar-refractivity contribution is 7.92. The first kappa shape index (κ1) is 55.7. The van der Waals surface area contributed by atoms with Crippen LogP contribution < -0.4 is 15.0 Å². The van der Waals surface area contributed by atoms with Gasteiger partial charge in [0.2, 0.25) is 11.3 Å². The first-order chi connectivity index (χ1) is 29.9. The smallest absolute Gasteiger partial charge is 0.410 e. The van der Waals surface area contributed by atoms with Crippen LogP contribution in [0.5, 0.6) is 17.4 Å². The number of thiol groups is 1. The summed E-state index contributed by atoms with van der Waals surface area (Å²) in [5.74, 6) is -1.61. The van der Waals surface area contributed by atoms with Crippen molar-refractivity contribution in [2.75, 3.05) is 53.6 Å². The maximum atomic E-state index is 13.9. The van der Waals surface area contributed by atoms with E-state index in [0.717, 1.165) is 36.9 Å². The lowest BCUT2D eigenvalue weighted by Gasteiger charge is -2.33. The summed E-state index contributed by atoms with van der Waals surface area (Å²) in [6.07, 6.45) is 3.11. The Morgan fingerprint density at radius 3 is 1.66 bits per heavy atom. The number of amides is 2. The number of halogens is 1. The summed E-state index contributed by atoms with van der Waals surface area (Å²) in [7, 11) is -1.46. The minimum Gasteiger partial charge on any atom is -0.494 e. The third-order valence-electron chi connectivity index (χ3n) is 9.39. The minimum atomic E-state index is -4.32. The number of carbonyl (C=O) groups excluding carboxylic acids is 4. The number of carbonyl (C=O) groups is 4. The van der Waals surface area contributed by atoms with Crippen LogP contribution in [0.2, 0.25) is 0 Å². The number of methoxy groups -OCH3 is 2. The summed E-state index contributed by atoms with van der Waals surface area (Å²) < 4.78 is 59.2. The Bertz CT molecular complexity index is 2000. The molecule has 2 fully saturated rings. The van der Waals surface area contributed by atoms with E-state index in [0.29, 0.717) is 18.1 Å². The monoisotopic (exact) mass is 962 g/mol. The van der Waals surface area contributed by atoms with Crippen LogP contribution in [0, 0.1) is 0 Å².